The molecule has 0 aliphatic rings. The van der Waals surface area contributed by atoms with Gasteiger partial charge in [0.25, 0.3) is 0 Å². The zero-order valence-electron chi connectivity index (χ0n) is 13.4. The molecule has 2 heteroatoms. The van der Waals surface area contributed by atoms with Crippen molar-refractivity contribution in [2.24, 2.45) is 5.92 Å². The zero-order valence-corrected chi connectivity index (χ0v) is 14.2. The first-order chi connectivity index (χ1) is 10.2. The van der Waals surface area contributed by atoms with Gasteiger partial charge >= 0.3 is 0 Å². The van der Waals surface area contributed by atoms with Crippen LogP contribution in [-0.4, -0.2) is 6.61 Å². The van der Waals surface area contributed by atoms with Crippen LogP contribution in [0.15, 0.2) is 36.4 Å². The standard InChI is InChI=1S/C19H26OS/c1-4-6-7-16(5-2)14-20-18-11-9-17(10-12-18)19-13-8-15(3)21-19/h8-13,16H,4-7,14H2,1-3H3. The Morgan fingerprint density at radius 2 is 1.81 bits per heavy atom. The summed E-state index contributed by atoms with van der Waals surface area (Å²) < 4.78 is 5.96. The van der Waals surface area contributed by atoms with Crippen LogP contribution in [-0.2, 0) is 0 Å². The molecule has 0 N–H and O–H groups in total. The minimum Gasteiger partial charge on any atom is -0.493 e. The van der Waals surface area contributed by atoms with Crippen molar-refractivity contribution in [3.8, 4) is 16.2 Å². The second-order valence-corrected chi connectivity index (χ2v) is 6.95. The topological polar surface area (TPSA) is 9.23 Å². The average molecular weight is 302 g/mol. The summed E-state index contributed by atoms with van der Waals surface area (Å²) in [7, 11) is 0. The molecular formula is C19H26OS. The zero-order chi connectivity index (χ0) is 15.1. The quantitative estimate of drug-likeness (QED) is 0.554. The van der Waals surface area contributed by atoms with Crippen LogP contribution < -0.4 is 4.74 Å². The van der Waals surface area contributed by atoms with E-state index in [4.69, 9.17) is 4.74 Å². The van der Waals surface area contributed by atoms with E-state index < -0.39 is 0 Å². The van der Waals surface area contributed by atoms with Gasteiger partial charge in [-0.2, -0.15) is 0 Å². The number of aryl methyl sites for hydroxylation is 1. The van der Waals surface area contributed by atoms with Gasteiger partial charge in [0.15, 0.2) is 0 Å². The van der Waals surface area contributed by atoms with Crippen LogP contribution in [0.5, 0.6) is 5.75 Å². The van der Waals surface area contributed by atoms with Gasteiger partial charge in [0.05, 0.1) is 6.61 Å². The molecule has 1 heterocycles. The molecule has 1 nitrogen and oxygen atoms in total. The Morgan fingerprint density at radius 3 is 2.38 bits per heavy atom. The van der Waals surface area contributed by atoms with Crippen molar-refractivity contribution < 1.29 is 4.74 Å². The highest BCUT2D eigenvalue weighted by Gasteiger charge is 2.07. The molecule has 1 aromatic carbocycles. The molecule has 0 radical (unpaired) electrons. The van der Waals surface area contributed by atoms with Crippen molar-refractivity contribution in [2.75, 3.05) is 6.61 Å². The first-order valence-corrected chi connectivity index (χ1v) is 8.84. The van der Waals surface area contributed by atoms with Crippen LogP contribution >= 0.6 is 11.3 Å². The Balaban J connectivity index is 1.90. The van der Waals surface area contributed by atoms with E-state index in [1.807, 2.05) is 11.3 Å². The Kier molecular flexibility index (Phi) is 6.31. The highest BCUT2D eigenvalue weighted by atomic mass is 32.1. The third-order valence-electron chi connectivity index (χ3n) is 3.91. The minimum atomic E-state index is 0.685. The SMILES string of the molecule is CCCCC(CC)COc1ccc(-c2ccc(C)s2)cc1. The van der Waals surface area contributed by atoms with E-state index in [2.05, 4.69) is 57.2 Å². The molecular weight excluding hydrogens is 276 g/mol. The number of benzene rings is 1. The summed E-state index contributed by atoms with van der Waals surface area (Å²) in [5.74, 6) is 1.67. The fraction of sp³-hybridized carbons (Fsp3) is 0.474. The monoisotopic (exact) mass is 302 g/mol. The number of hydrogen-bond acceptors (Lipinski definition) is 2. The second-order valence-electron chi connectivity index (χ2n) is 5.66. The van der Waals surface area contributed by atoms with Gasteiger partial charge in [0, 0.05) is 9.75 Å². The summed E-state index contributed by atoms with van der Waals surface area (Å²) in [6.45, 7) is 7.49. The first kappa shape index (κ1) is 16.1. The molecule has 0 saturated heterocycles. The minimum absolute atomic E-state index is 0.685. The lowest BCUT2D eigenvalue weighted by molar-refractivity contribution is 0.233. The third kappa shape index (κ3) is 4.89. The van der Waals surface area contributed by atoms with Crippen LogP contribution in [0, 0.1) is 12.8 Å². The average Bonchev–Trinajstić information content (AvgIpc) is 2.94. The largest absolute Gasteiger partial charge is 0.493 e. The van der Waals surface area contributed by atoms with Crippen molar-refractivity contribution in [3.05, 3.63) is 41.3 Å². The molecule has 1 aromatic heterocycles. The van der Waals surface area contributed by atoms with Gasteiger partial charge in [0.1, 0.15) is 5.75 Å². The summed E-state index contributed by atoms with van der Waals surface area (Å²) in [5, 5.41) is 0. The normalized spacial score (nSPS) is 12.3. The summed E-state index contributed by atoms with van der Waals surface area (Å²) in [5.41, 5.74) is 1.28. The Labute approximate surface area is 133 Å². The molecule has 2 aromatic rings. The lowest BCUT2D eigenvalue weighted by atomic mass is 10.0. The number of ether oxygens (including phenoxy) is 1. The smallest absolute Gasteiger partial charge is 0.119 e. The molecule has 0 aliphatic carbocycles. The van der Waals surface area contributed by atoms with Crippen molar-refractivity contribution >= 4 is 11.3 Å². The predicted octanol–water partition coefficient (Wildman–Crippen LogP) is 6.32. The Morgan fingerprint density at radius 1 is 1.05 bits per heavy atom. The molecule has 0 aliphatic heterocycles. The molecule has 114 valence electrons. The maximum Gasteiger partial charge on any atom is 0.119 e. The van der Waals surface area contributed by atoms with Crippen LogP contribution in [0.4, 0.5) is 0 Å². The number of unbranched alkanes of at least 4 members (excludes halogenated alkanes) is 1. The van der Waals surface area contributed by atoms with E-state index >= 15 is 0 Å². The van der Waals surface area contributed by atoms with E-state index in [1.165, 1.54) is 41.0 Å². The lowest BCUT2D eigenvalue weighted by Crippen LogP contribution is -2.11. The summed E-state index contributed by atoms with van der Waals surface area (Å²) >= 11 is 1.84. The lowest BCUT2D eigenvalue weighted by Gasteiger charge is -2.15. The molecule has 0 fully saturated rings. The van der Waals surface area contributed by atoms with Crippen molar-refractivity contribution in [1.29, 1.82) is 0 Å². The molecule has 0 bridgehead atoms. The van der Waals surface area contributed by atoms with Crippen LogP contribution in [0.3, 0.4) is 0 Å². The van der Waals surface area contributed by atoms with Gasteiger partial charge in [0.2, 0.25) is 0 Å². The van der Waals surface area contributed by atoms with E-state index in [0.29, 0.717) is 5.92 Å². The van der Waals surface area contributed by atoms with Crippen molar-refractivity contribution in [1.82, 2.24) is 0 Å². The Bertz CT molecular complexity index is 527. The molecule has 1 atom stereocenters. The van der Waals surface area contributed by atoms with Crippen LogP contribution in [0.25, 0.3) is 10.4 Å². The maximum absolute atomic E-state index is 5.96. The fourth-order valence-electron chi connectivity index (χ4n) is 2.42. The van der Waals surface area contributed by atoms with E-state index in [9.17, 15) is 0 Å². The molecule has 0 saturated carbocycles. The first-order valence-electron chi connectivity index (χ1n) is 8.02. The fourth-order valence-corrected chi connectivity index (χ4v) is 3.29. The number of rotatable bonds is 8. The van der Waals surface area contributed by atoms with Crippen molar-refractivity contribution in [3.63, 3.8) is 0 Å². The second kappa shape index (κ2) is 8.23. The van der Waals surface area contributed by atoms with Crippen LogP contribution in [0.1, 0.15) is 44.4 Å². The summed E-state index contributed by atoms with van der Waals surface area (Å²) in [6, 6.07) is 12.9. The molecule has 0 amide bonds. The maximum atomic E-state index is 5.96. The van der Waals surface area contributed by atoms with Gasteiger partial charge in [-0.05, 0) is 61.2 Å². The number of thiophene rings is 1. The number of hydrogen-bond donors (Lipinski definition) is 0. The summed E-state index contributed by atoms with van der Waals surface area (Å²) in [6.07, 6.45) is 5.05. The van der Waals surface area contributed by atoms with E-state index in [1.54, 1.807) is 0 Å². The Hall–Kier alpha value is -1.28. The van der Waals surface area contributed by atoms with Gasteiger partial charge in [-0.25, -0.2) is 0 Å². The van der Waals surface area contributed by atoms with Crippen molar-refractivity contribution in [2.45, 2.75) is 46.5 Å². The van der Waals surface area contributed by atoms with Gasteiger partial charge in [-0.15, -0.1) is 11.3 Å². The molecule has 1 unspecified atom stereocenters. The van der Waals surface area contributed by atoms with E-state index in [-0.39, 0.29) is 0 Å². The summed E-state index contributed by atoms with van der Waals surface area (Å²) in [4.78, 5) is 2.68. The van der Waals surface area contributed by atoms with Gasteiger partial charge in [-0.1, -0.05) is 33.1 Å². The van der Waals surface area contributed by atoms with Gasteiger partial charge < -0.3 is 4.74 Å². The third-order valence-corrected chi connectivity index (χ3v) is 4.96. The molecule has 0 spiro atoms. The van der Waals surface area contributed by atoms with E-state index in [0.717, 1.165) is 12.4 Å². The van der Waals surface area contributed by atoms with Crippen LogP contribution in [0.2, 0.25) is 0 Å². The highest BCUT2D eigenvalue weighted by molar-refractivity contribution is 7.15. The molecule has 2 rings (SSSR count). The highest BCUT2D eigenvalue weighted by Crippen LogP contribution is 2.29. The van der Waals surface area contributed by atoms with Gasteiger partial charge in [-0.3, -0.25) is 0 Å². The predicted molar refractivity (Wildman–Crippen MR) is 93.3 cm³/mol. The molecule has 21 heavy (non-hydrogen) atoms.